The van der Waals surface area contributed by atoms with Crippen molar-refractivity contribution in [2.45, 2.75) is 18.2 Å². The first-order valence-electron chi connectivity index (χ1n) is 7.83. The molecule has 2 aromatic rings. The maximum Gasteiger partial charge on any atom is 0.251 e. The first-order valence-corrected chi connectivity index (χ1v) is 9.48. The molecule has 132 valence electrons. The monoisotopic (exact) mass is 360 g/mol. The molecule has 0 atom stereocenters. The van der Waals surface area contributed by atoms with Crippen LogP contribution in [0.25, 0.3) is 0 Å². The Morgan fingerprint density at radius 1 is 1.04 bits per heavy atom. The molecule has 0 aliphatic rings. The molecule has 0 fully saturated rings. The molecule has 6 nitrogen and oxygen atoms in total. The van der Waals surface area contributed by atoms with Gasteiger partial charge in [-0.3, -0.25) is 9.59 Å². The van der Waals surface area contributed by atoms with Crippen LogP contribution < -0.4 is 11.1 Å². The van der Waals surface area contributed by atoms with E-state index in [0.717, 1.165) is 5.56 Å². The van der Waals surface area contributed by atoms with Crippen LogP contribution in [0.15, 0.2) is 53.4 Å². The van der Waals surface area contributed by atoms with Crippen LogP contribution in [0.5, 0.6) is 0 Å². The van der Waals surface area contributed by atoms with Gasteiger partial charge in [-0.25, -0.2) is 8.42 Å². The number of benzene rings is 2. The minimum Gasteiger partial charge on any atom is -0.366 e. The number of carbonyl (C=O) groups excluding carboxylic acids is 2. The molecule has 25 heavy (non-hydrogen) atoms. The maximum absolute atomic E-state index is 12.1. The second-order valence-corrected chi connectivity index (χ2v) is 7.78. The van der Waals surface area contributed by atoms with Crippen LogP contribution in [0.3, 0.4) is 0 Å². The quantitative estimate of drug-likeness (QED) is 0.781. The minimum atomic E-state index is -3.27. The molecule has 0 saturated heterocycles. The molecule has 2 amide bonds. The fourth-order valence-electron chi connectivity index (χ4n) is 2.28. The van der Waals surface area contributed by atoms with Crippen molar-refractivity contribution in [1.82, 2.24) is 5.32 Å². The van der Waals surface area contributed by atoms with Gasteiger partial charge in [-0.2, -0.15) is 0 Å². The minimum absolute atomic E-state index is 0.0168. The molecule has 0 bridgehead atoms. The van der Waals surface area contributed by atoms with Crippen molar-refractivity contribution >= 4 is 21.7 Å². The van der Waals surface area contributed by atoms with Crippen molar-refractivity contribution < 1.29 is 18.0 Å². The number of hydrogen-bond donors (Lipinski definition) is 2. The molecule has 0 heterocycles. The molecule has 0 saturated carbocycles. The van der Waals surface area contributed by atoms with Gasteiger partial charge in [-0.1, -0.05) is 19.1 Å². The lowest BCUT2D eigenvalue weighted by atomic mass is 10.1. The Hall–Kier alpha value is -2.67. The third-order valence-corrected chi connectivity index (χ3v) is 5.52. The van der Waals surface area contributed by atoms with E-state index in [2.05, 4.69) is 5.32 Å². The van der Waals surface area contributed by atoms with Crippen LogP contribution >= 0.6 is 0 Å². The van der Waals surface area contributed by atoms with Crippen LogP contribution in [0, 0.1) is 0 Å². The van der Waals surface area contributed by atoms with Crippen LogP contribution in [0.4, 0.5) is 0 Å². The summed E-state index contributed by atoms with van der Waals surface area (Å²) in [7, 11) is -3.27. The van der Waals surface area contributed by atoms with Gasteiger partial charge in [0.05, 0.1) is 10.6 Å². The van der Waals surface area contributed by atoms with Gasteiger partial charge in [0.1, 0.15) is 0 Å². The molecule has 0 spiro atoms. The summed E-state index contributed by atoms with van der Waals surface area (Å²) in [5.41, 5.74) is 6.94. The highest BCUT2D eigenvalue weighted by molar-refractivity contribution is 7.91. The van der Waals surface area contributed by atoms with E-state index in [9.17, 15) is 18.0 Å². The number of sulfone groups is 1. The van der Waals surface area contributed by atoms with E-state index in [1.54, 1.807) is 25.1 Å². The van der Waals surface area contributed by atoms with Gasteiger partial charge in [0.2, 0.25) is 5.91 Å². The predicted molar refractivity (Wildman–Crippen MR) is 95.2 cm³/mol. The van der Waals surface area contributed by atoms with E-state index in [1.165, 1.54) is 24.3 Å². The summed E-state index contributed by atoms with van der Waals surface area (Å²) in [6.07, 6.45) is 0.551. The lowest BCUT2D eigenvalue weighted by molar-refractivity contribution is 0.0952. The Bertz CT molecular complexity index is 874. The van der Waals surface area contributed by atoms with E-state index >= 15 is 0 Å². The average Bonchev–Trinajstić information content (AvgIpc) is 2.62. The Balaban J connectivity index is 1.94. The van der Waals surface area contributed by atoms with Crippen molar-refractivity contribution in [1.29, 1.82) is 0 Å². The van der Waals surface area contributed by atoms with Gasteiger partial charge < -0.3 is 11.1 Å². The number of amides is 2. The number of primary amides is 1. The summed E-state index contributed by atoms with van der Waals surface area (Å²) in [6.45, 7) is 1.96. The van der Waals surface area contributed by atoms with Crippen molar-refractivity contribution in [2.75, 3.05) is 12.3 Å². The van der Waals surface area contributed by atoms with E-state index in [-0.39, 0.29) is 16.6 Å². The third kappa shape index (κ3) is 4.90. The molecule has 0 aliphatic carbocycles. The van der Waals surface area contributed by atoms with Gasteiger partial charge in [0, 0.05) is 17.7 Å². The van der Waals surface area contributed by atoms with E-state index in [0.29, 0.717) is 24.1 Å². The average molecular weight is 360 g/mol. The SMILES string of the molecule is CCS(=O)(=O)c1ccc(C(=O)NCCc2cccc(C(N)=O)c2)cc1. The molecule has 2 aromatic carbocycles. The van der Waals surface area contributed by atoms with Crippen molar-refractivity contribution in [3.05, 3.63) is 65.2 Å². The first-order chi connectivity index (χ1) is 11.8. The highest BCUT2D eigenvalue weighted by atomic mass is 32.2. The van der Waals surface area contributed by atoms with E-state index in [1.807, 2.05) is 6.07 Å². The summed E-state index contributed by atoms with van der Waals surface area (Å²) >= 11 is 0. The molecule has 7 heteroatoms. The van der Waals surface area contributed by atoms with Gasteiger partial charge >= 0.3 is 0 Å². The molecule has 0 aliphatic heterocycles. The Labute approximate surface area is 147 Å². The smallest absolute Gasteiger partial charge is 0.251 e. The fraction of sp³-hybridized carbons (Fsp3) is 0.222. The second-order valence-electron chi connectivity index (χ2n) is 5.50. The lowest BCUT2D eigenvalue weighted by Gasteiger charge is -2.07. The summed E-state index contributed by atoms with van der Waals surface area (Å²) in [5.74, 6) is -0.761. The number of hydrogen-bond acceptors (Lipinski definition) is 4. The van der Waals surface area contributed by atoms with Crippen LogP contribution in [-0.4, -0.2) is 32.5 Å². The molecule has 3 N–H and O–H groups in total. The molecule has 0 aromatic heterocycles. The Kier molecular flexibility index (Phi) is 5.93. The first kappa shape index (κ1) is 18.7. The molecular weight excluding hydrogens is 340 g/mol. The highest BCUT2D eigenvalue weighted by Gasteiger charge is 2.12. The normalized spacial score (nSPS) is 11.1. The lowest BCUT2D eigenvalue weighted by Crippen LogP contribution is -2.25. The highest BCUT2D eigenvalue weighted by Crippen LogP contribution is 2.12. The van der Waals surface area contributed by atoms with Crippen molar-refractivity contribution in [3.63, 3.8) is 0 Å². The van der Waals surface area contributed by atoms with Crippen molar-refractivity contribution in [2.24, 2.45) is 5.73 Å². The van der Waals surface area contributed by atoms with Crippen molar-refractivity contribution in [3.8, 4) is 0 Å². The number of nitrogens with one attached hydrogen (secondary N) is 1. The fourth-order valence-corrected chi connectivity index (χ4v) is 3.17. The predicted octanol–water partition coefficient (Wildman–Crippen LogP) is 1.55. The van der Waals surface area contributed by atoms with E-state index in [4.69, 9.17) is 5.73 Å². The van der Waals surface area contributed by atoms with Crippen LogP contribution in [0.1, 0.15) is 33.2 Å². The Morgan fingerprint density at radius 2 is 1.72 bits per heavy atom. The van der Waals surface area contributed by atoms with Crippen LogP contribution in [-0.2, 0) is 16.3 Å². The maximum atomic E-state index is 12.1. The standard InChI is InChI=1S/C18H20N2O4S/c1-2-25(23,24)16-8-6-14(7-9-16)18(22)20-11-10-13-4-3-5-15(12-13)17(19)21/h3-9,12H,2,10-11H2,1H3,(H2,19,21)(H,20,22). The zero-order valence-corrected chi connectivity index (χ0v) is 14.7. The molecule has 0 radical (unpaired) electrons. The summed E-state index contributed by atoms with van der Waals surface area (Å²) in [6, 6.07) is 12.8. The van der Waals surface area contributed by atoms with Crippen LogP contribution in [0.2, 0.25) is 0 Å². The number of rotatable bonds is 7. The van der Waals surface area contributed by atoms with Gasteiger partial charge in [0.15, 0.2) is 9.84 Å². The molecule has 2 rings (SSSR count). The van der Waals surface area contributed by atoms with Gasteiger partial charge in [-0.15, -0.1) is 0 Å². The topological polar surface area (TPSA) is 106 Å². The van der Waals surface area contributed by atoms with E-state index < -0.39 is 15.7 Å². The largest absolute Gasteiger partial charge is 0.366 e. The molecular formula is C18H20N2O4S. The third-order valence-electron chi connectivity index (χ3n) is 3.77. The summed E-state index contributed by atoms with van der Waals surface area (Å²) in [5, 5.41) is 2.76. The zero-order chi connectivity index (χ0) is 18.4. The molecule has 0 unspecified atom stereocenters. The van der Waals surface area contributed by atoms with Gasteiger partial charge in [-0.05, 0) is 48.4 Å². The Morgan fingerprint density at radius 3 is 2.32 bits per heavy atom. The second kappa shape index (κ2) is 7.94. The summed E-state index contributed by atoms with van der Waals surface area (Å²) < 4.78 is 23.5. The number of nitrogens with two attached hydrogens (primary N) is 1. The van der Waals surface area contributed by atoms with Gasteiger partial charge in [0.25, 0.3) is 5.91 Å². The number of carbonyl (C=O) groups is 2. The zero-order valence-electron chi connectivity index (χ0n) is 13.9. The summed E-state index contributed by atoms with van der Waals surface area (Å²) in [4.78, 5) is 23.5.